The Morgan fingerprint density at radius 3 is 2.50 bits per heavy atom. The van der Waals surface area contributed by atoms with Crippen LogP contribution in [0.25, 0.3) is 0 Å². The molecule has 0 atom stereocenters. The minimum absolute atomic E-state index is 0.0151. The molecule has 0 saturated carbocycles. The number of aryl methyl sites for hydroxylation is 1. The number of nitro benzene ring substituents is 1. The maximum atomic E-state index is 10.8. The Balaban J connectivity index is 1.97. The van der Waals surface area contributed by atoms with Crippen molar-refractivity contribution >= 4 is 23.1 Å². The van der Waals surface area contributed by atoms with Gasteiger partial charge in [0.1, 0.15) is 5.69 Å². The monoisotopic (exact) mass is 288 g/mol. The summed E-state index contributed by atoms with van der Waals surface area (Å²) in [5.74, 6) is 1.62. The summed E-state index contributed by atoms with van der Waals surface area (Å²) in [6.45, 7) is 2.07. The average molecular weight is 288 g/mol. The molecule has 0 saturated heterocycles. The van der Waals surface area contributed by atoms with E-state index in [1.165, 1.54) is 11.1 Å². The van der Waals surface area contributed by atoms with Gasteiger partial charge in [-0.2, -0.15) is 11.8 Å². The third kappa shape index (κ3) is 3.74. The molecule has 0 heterocycles. The third-order valence-electron chi connectivity index (χ3n) is 2.91. The lowest BCUT2D eigenvalue weighted by Crippen LogP contribution is -1.96. The second-order valence-electron chi connectivity index (χ2n) is 4.63. The number of anilines is 1. The molecule has 0 radical (unpaired) electrons. The van der Waals surface area contributed by atoms with Crippen LogP contribution in [0.4, 0.5) is 11.4 Å². The number of hydrogen-bond acceptors (Lipinski definition) is 4. The summed E-state index contributed by atoms with van der Waals surface area (Å²) in [6.07, 6.45) is 0. The van der Waals surface area contributed by atoms with Crippen LogP contribution in [0.2, 0.25) is 0 Å². The van der Waals surface area contributed by atoms with E-state index in [0.29, 0.717) is 0 Å². The van der Waals surface area contributed by atoms with Gasteiger partial charge in [-0.05, 0) is 24.1 Å². The zero-order chi connectivity index (χ0) is 14.5. The summed E-state index contributed by atoms with van der Waals surface area (Å²) in [4.78, 5) is 10.4. The van der Waals surface area contributed by atoms with Gasteiger partial charge >= 0.3 is 0 Å². The van der Waals surface area contributed by atoms with Crippen LogP contribution in [0.5, 0.6) is 0 Å². The summed E-state index contributed by atoms with van der Waals surface area (Å²) in [6, 6.07) is 13.3. The molecule has 20 heavy (non-hydrogen) atoms. The minimum Gasteiger partial charge on any atom is -0.393 e. The summed E-state index contributed by atoms with van der Waals surface area (Å²) in [5, 5.41) is 10.8. The zero-order valence-electron chi connectivity index (χ0n) is 11.2. The van der Waals surface area contributed by atoms with Crippen molar-refractivity contribution in [1.82, 2.24) is 0 Å². The average Bonchev–Trinajstić information content (AvgIpc) is 2.40. The molecule has 0 fully saturated rings. The molecule has 0 aliphatic rings. The molecule has 0 spiro atoms. The molecule has 2 rings (SSSR count). The fourth-order valence-electron chi connectivity index (χ4n) is 1.93. The second kappa shape index (κ2) is 6.43. The van der Waals surface area contributed by atoms with Crippen molar-refractivity contribution in [3.63, 3.8) is 0 Å². The first kappa shape index (κ1) is 14.4. The Labute approximate surface area is 122 Å². The van der Waals surface area contributed by atoms with Crippen LogP contribution >= 0.6 is 11.8 Å². The van der Waals surface area contributed by atoms with E-state index in [9.17, 15) is 10.1 Å². The van der Waals surface area contributed by atoms with Crippen LogP contribution < -0.4 is 5.73 Å². The predicted octanol–water partition coefficient (Wildman–Crippen LogP) is 3.92. The lowest BCUT2D eigenvalue weighted by molar-refractivity contribution is -0.383. The molecule has 2 aromatic rings. The number of hydrogen-bond donors (Lipinski definition) is 1. The molecule has 0 aliphatic carbocycles. The van der Waals surface area contributed by atoms with E-state index in [4.69, 9.17) is 5.73 Å². The van der Waals surface area contributed by atoms with E-state index in [0.717, 1.165) is 17.1 Å². The number of thioether (sulfide) groups is 1. The summed E-state index contributed by atoms with van der Waals surface area (Å²) >= 11 is 1.73. The normalized spacial score (nSPS) is 10.4. The van der Waals surface area contributed by atoms with E-state index in [1.54, 1.807) is 23.9 Å². The number of nitrogens with two attached hydrogens (primary N) is 1. The smallest absolute Gasteiger partial charge is 0.292 e. The minimum atomic E-state index is -0.440. The summed E-state index contributed by atoms with van der Waals surface area (Å²) in [5.41, 5.74) is 9.20. The Bertz CT molecular complexity index is 629. The third-order valence-corrected chi connectivity index (χ3v) is 3.99. The van der Waals surface area contributed by atoms with Gasteiger partial charge in [0, 0.05) is 17.6 Å². The van der Waals surface area contributed by atoms with Crippen molar-refractivity contribution in [2.45, 2.75) is 18.4 Å². The van der Waals surface area contributed by atoms with Crippen LogP contribution in [0.1, 0.15) is 16.7 Å². The van der Waals surface area contributed by atoms with E-state index >= 15 is 0 Å². The zero-order valence-corrected chi connectivity index (χ0v) is 12.0. The highest BCUT2D eigenvalue weighted by Gasteiger charge is 2.11. The topological polar surface area (TPSA) is 69.2 Å². The first-order chi connectivity index (χ1) is 9.56. The fraction of sp³-hybridized carbons (Fsp3) is 0.200. The lowest BCUT2D eigenvalue weighted by Gasteiger charge is -2.04. The van der Waals surface area contributed by atoms with Gasteiger partial charge in [-0.3, -0.25) is 10.1 Å². The Kier molecular flexibility index (Phi) is 4.63. The second-order valence-corrected chi connectivity index (χ2v) is 5.62. The van der Waals surface area contributed by atoms with E-state index in [1.807, 2.05) is 12.1 Å². The Morgan fingerprint density at radius 1 is 1.15 bits per heavy atom. The van der Waals surface area contributed by atoms with Gasteiger partial charge in [-0.1, -0.05) is 35.9 Å². The molecule has 4 nitrogen and oxygen atoms in total. The van der Waals surface area contributed by atoms with Gasteiger partial charge in [-0.25, -0.2) is 0 Å². The summed E-state index contributed by atoms with van der Waals surface area (Å²) < 4.78 is 0. The van der Waals surface area contributed by atoms with Gasteiger partial charge in [0.15, 0.2) is 0 Å². The highest BCUT2D eigenvalue weighted by Crippen LogP contribution is 2.25. The molecule has 104 valence electrons. The van der Waals surface area contributed by atoms with Crippen molar-refractivity contribution in [2.75, 3.05) is 5.73 Å². The van der Waals surface area contributed by atoms with E-state index < -0.39 is 4.92 Å². The predicted molar refractivity (Wildman–Crippen MR) is 83.7 cm³/mol. The van der Waals surface area contributed by atoms with Gasteiger partial charge < -0.3 is 5.73 Å². The first-order valence-corrected chi connectivity index (χ1v) is 7.38. The van der Waals surface area contributed by atoms with Crippen LogP contribution in [-0.2, 0) is 11.5 Å². The number of nitrogen functional groups attached to an aromatic ring is 1. The van der Waals surface area contributed by atoms with Crippen molar-refractivity contribution < 1.29 is 4.92 Å². The highest BCUT2D eigenvalue weighted by molar-refractivity contribution is 7.97. The maximum absolute atomic E-state index is 10.8. The lowest BCUT2D eigenvalue weighted by atomic mass is 10.2. The van der Waals surface area contributed by atoms with E-state index in [-0.39, 0.29) is 11.4 Å². The van der Waals surface area contributed by atoms with Gasteiger partial charge in [0.05, 0.1) is 4.92 Å². The van der Waals surface area contributed by atoms with Crippen LogP contribution in [0.3, 0.4) is 0 Å². The fourth-order valence-corrected chi connectivity index (χ4v) is 2.86. The van der Waals surface area contributed by atoms with Gasteiger partial charge in [0.2, 0.25) is 0 Å². The SMILES string of the molecule is Cc1cccc(CSCc2ccc(N)c([N+](=O)[O-])c2)c1. The van der Waals surface area contributed by atoms with Crippen LogP contribution in [0.15, 0.2) is 42.5 Å². The molecule has 0 aliphatic heterocycles. The van der Waals surface area contributed by atoms with E-state index in [2.05, 4.69) is 25.1 Å². The molecule has 0 aromatic heterocycles. The Morgan fingerprint density at radius 2 is 1.85 bits per heavy atom. The number of nitrogens with zero attached hydrogens (tertiary/aromatic N) is 1. The number of nitro groups is 1. The molecule has 2 N–H and O–H groups in total. The molecule has 5 heteroatoms. The van der Waals surface area contributed by atoms with Crippen LogP contribution in [-0.4, -0.2) is 4.92 Å². The van der Waals surface area contributed by atoms with Crippen LogP contribution in [0, 0.1) is 17.0 Å². The van der Waals surface area contributed by atoms with Crippen molar-refractivity contribution in [3.8, 4) is 0 Å². The molecule has 2 aromatic carbocycles. The van der Waals surface area contributed by atoms with Gasteiger partial charge in [-0.15, -0.1) is 0 Å². The molecule has 0 amide bonds. The molecular formula is C15H16N2O2S. The summed E-state index contributed by atoms with van der Waals surface area (Å²) in [7, 11) is 0. The number of rotatable bonds is 5. The van der Waals surface area contributed by atoms with Gasteiger partial charge in [0.25, 0.3) is 5.69 Å². The number of benzene rings is 2. The van der Waals surface area contributed by atoms with Crippen molar-refractivity contribution in [2.24, 2.45) is 0 Å². The van der Waals surface area contributed by atoms with Crippen molar-refractivity contribution in [1.29, 1.82) is 0 Å². The maximum Gasteiger partial charge on any atom is 0.292 e. The first-order valence-electron chi connectivity index (χ1n) is 6.22. The molecule has 0 bridgehead atoms. The highest BCUT2D eigenvalue weighted by atomic mass is 32.2. The Hall–Kier alpha value is -2.01. The largest absolute Gasteiger partial charge is 0.393 e. The molecular weight excluding hydrogens is 272 g/mol. The quantitative estimate of drug-likeness (QED) is 0.514. The standard InChI is InChI=1S/C15H16N2O2S/c1-11-3-2-4-12(7-11)9-20-10-13-5-6-14(16)15(8-13)17(18)19/h2-8H,9-10,16H2,1H3. The molecule has 0 unspecified atom stereocenters. The van der Waals surface area contributed by atoms with Crippen molar-refractivity contribution in [3.05, 3.63) is 69.3 Å².